The Morgan fingerprint density at radius 1 is 1.11 bits per heavy atom. The van der Waals surface area contributed by atoms with Crippen LogP contribution in [0.4, 0.5) is 18.9 Å². The Morgan fingerprint density at radius 3 is 2.37 bits per heavy atom. The predicted molar refractivity (Wildman–Crippen MR) is 119 cm³/mol. The Kier molecular flexibility index (Phi) is 7.72. The molecule has 2 aromatic carbocycles. The zero-order valence-corrected chi connectivity index (χ0v) is 19.5. The van der Waals surface area contributed by atoms with Gasteiger partial charge in [0, 0.05) is 12.2 Å². The number of rotatable bonds is 5. The zero-order valence-electron chi connectivity index (χ0n) is 18.7. The maximum atomic E-state index is 13.6. The van der Waals surface area contributed by atoms with Gasteiger partial charge in [-0.15, -0.1) is 5.92 Å². The van der Waals surface area contributed by atoms with Gasteiger partial charge in [-0.3, -0.25) is 9.59 Å². The number of hydrogen-bond donors (Lipinski definition) is 0. The third-order valence-corrected chi connectivity index (χ3v) is 7.06. The predicted octanol–water partition coefficient (Wildman–Crippen LogP) is 2.73. The molecule has 0 N–H and O–H groups in total. The molecule has 1 aliphatic rings. The van der Waals surface area contributed by atoms with E-state index in [2.05, 4.69) is 11.8 Å². The molecule has 0 radical (unpaired) electrons. The smallest absolute Gasteiger partial charge is 0.471 e. The summed E-state index contributed by atoms with van der Waals surface area (Å²) in [6.07, 6.45) is -5.25. The van der Waals surface area contributed by atoms with Crippen molar-refractivity contribution in [1.82, 2.24) is 4.31 Å². The normalized spacial score (nSPS) is 16.4. The van der Waals surface area contributed by atoms with Crippen LogP contribution in [0.25, 0.3) is 0 Å². The summed E-state index contributed by atoms with van der Waals surface area (Å²) >= 11 is 0. The van der Waals surface area contributed by atoms with Crippen LogP contribution in [0.2, 0.25) is 0 Å². The summed E-state index contributed by atoms with van der Waals surface area (Å²) in [5.74, 6) is 2.36. The molecule has 12 heteroatoms. The Labute approximate surface area is 200 Å². The van der Waals surface area contributed by atoms with E-state index in [1.54, 1.807) is 6.92 Å². The zero-order chi connectivity index (χ0) is 25.8. The minimum atomic E-state index is -5.25. The molecular weight excluding hydrogens is 489 g/mol. The Hall–Kier alpha value is -3.56. The molecule has 0 saturated heterocycles. The third kappa shape index (κ3) is 5.58. The van der Waals surface area contributed by atoms with Crippen LogP contribution in [-0.4, -0.2) is 57.1 Å². The number of hydrogen-bond acceptors (Lipinski definition) is 6. The van der Waals surface area contributed by atoms with Gasteiger partial charge < -0.3 is 14.4 Å². The summed E-state index contributed by atoms with van der Waals surface area (Å²) in [5.41, 5.74) is -0.0413. The molecule has 0 fully saturated rings. The lowest BCUT2D eigenvalue weighted by Crippen LogP contribution is -2.52. The number of alkyl halides is 3. The molecule has 0 aliphatic carbocycles. The molecular formula is C23H21F3N2O6S. The van der Waals surface area contributed by atoms with Crippen LogP contribution in [0.15, 0.2) is 53.4 Å². The molecule has 1 atom stereocenters. The first kappa shape index (κ1) is 26.1. The largest absolute Gasteiger partial charge is 0.481 e. The van der Waals surface area contributed by atoms with Gasteiger partial charge in [-0.2, -0.15) is 17.5 Å². The molecule has 1 aliphatic heterocycles. The van der Waals surface area contributed by atoms with Crippen molar-refractivity contribution in [2.45, 2.75) is 30.6 Å². The van der Waals surface area contributed by atoms with Crippen molar-refractivity contribution in [3.05, 3.63) is 54.1 Å². The van der Waals surface area contributed by atoms with Crippen molar-refractivity contribution in [3.63, 3.8) is 0 Å². The van der Waals surface area contributed by atoms with Crippen LogP contribution in [-0.2, 0) is 30.9 Å². The number of amides is 1. The van der Waals surface area contributed by atoms with Gasteiger partial charge in [-0.05, 0) is 42.8 Å². The highest BCUT2D eigenvalue weighted by Gasteiger charge is 2.48. The summed E-state index contributed by atoms with van der Waals surface area (Å²) in [4.78, 5) is 24.9. The van der Waals surface area contributed by atoms with Crippen molar-refractivity contribution in [3.8, 4) is 17.6 Å². The van der Waals surface area contributed by atoms with E-state index in [1.165, 1.54) is 48.5 Å². The summed E-state index contributed by atoms with van der Waals surface area (Å²) < 4.78 is 78.0. The first-order chi connectivity index (χ1) is 16.5. The standard InChI is InChI=1S/C23H21F3N2O6S/c1-3-4-13-34-17-9-11-18(12-10-17)35(31,32)28-14-16-7-5-6-8-19(16)27(22(30)23(24,25)26)15-20(28)21(29)33-2/h5-12,20H,13-15H2,1-2H3. The fourth-order valence-electron chi connectivity index (χ4n) is 3.51. The van der Waals surface area contributed by atoms with Crippen molar-refractivity contribution in [1.29, 1.82) is 0 Å². The van der Waals surface area contributed by atoms with E-state index in [0.29, 0.717) is 10.6 Å². The number of nitrogens with zero attached hydrogens (tertiary/aromatic N) is 2. The molecule has 8 nitrogen and oxygen atoms in total. The first-order valence-corrected chi connectivity index (χ1v) is 11.6. The number of sulfonamides is 1. The van der Waals surface area contributed by atoms with Gasteiger partial charge in [0.25, 0.3) is 0 Å². The van der Waals surface area contributed by atoms with E-state index >= 15 is 0 Å². The SMILES string of the molecule is CC#CCOc1ccc(S(=O)(=O)N2Cc3ccccc3N(C(=O)C(F)(F)F)CC2C(=O)OC)cc1. The highest BCUT2D eigenvalue weighted by Crippen LogP contribution is 2.34. The molecule has 0 spiro atoms. The molecule has 1 heterocycles. The molecule has 3 rings (SSSR count). The quantitative estimate of drug-likeness (QED) is 0.454. The number of para-hydroxylation sites is 1. The summed E-state index contributed by atoms with van der Waals surface area (Å²) in [6, 6.07) is 9.08. The number of esters is 1. The van der Waals surface area contributed by atoms with E-state index in [9.17, 15) is 31.2 Å². The van der Waals surface area contributed by atoms with E-state index in [-0.39, 0.29) is 22.8 Å². The van der Waals surface area contributed by atoms with Crippen LogP contribution >= 0.6 is 0 Å². The van der Waals surface area contributed by atoms with Gasteiger partial charge in [-0.1, -0.05) is 24.1 Å². The molecule has 1 amide bonds. The van der Waals surface area contributed by atoms with Gasteiger partial charge in [0.05, 0.1) is 18.6 Å². The van der Waals surface area contributed by atoms with Crippen LogP contribution in [0, 0.1) is 11.8 Å². The number of methoxy groups -OCH3 is 1. The number of anilines is 1. The first-order valence-electron chi connectivity index (χ1n) is 10.2. The summed E-state index contributed by atoms with van der Waals surface area (Å²) in [7, 11) is -3.45. The van der Waals surface area contributed by atoms with Crippen LogP contribution in [0.3, 0.4) is 0 Å². The molecule has 0 aromatic heterocycles. The van der Waals surface area contributed by atoms with Gasteiger partial charge in [0.1, 0.15) is 18.4 Å². The van der Waals surface area contributed by atoms with Crippen molar-refractivity contribution < 1.29 is 40.7 Å². The van der Waals surface area contributed by atoms with Crippen molar-refractivity contribution in [2.75, 3.05) is 25.2 Å². The van der Waals surface area contributed by atoms with E-state index in [4.69, 9.17) is 9.47 Å². The van der Waals surface area contributed by atoms with Gasteiger partial charge in [-0.25, -0.2) is 8.42 Å². The average molecular weight is 510 g/mol. The highest BCUT2D eigenvalue weighted by molar-refractivity contribution is 7.89. The second-order valence-electron chi connectivity index (χ2n) is 7.32. The maximum absolute atomic E-state index is 13.6. The maximum Gasteiger partial charge on any atom is 0.471 e. The number of fused-ring (bicyclic) bond motifs is 1. The second kappa shape index (κ2) is 10.4. The lowest BCUT2D eigenvalue weighted by atomic mass is 10.1. The number of carbonyl (C=O) groups excluding carboxylic acids is 2. The Balaban J connectivity index is 2.07. The molecule has 35 heavy (non-hydrogen) atoms. The van der Waals surface area contributed by atoms with Crippen molar-refractivity contribution in [2.24, 2.45) is 0 Å². The van der Waals surface area contributed by atoms with Crippen LogP contribution in [0.1, 0.15) is 12.5 Å². The van der Waals surface area contributed by atoms with Crippen LogP contribution in [0.5, 0.6) is 5.75 Å². The molecule has 186 valence electrons. The van der Waals surface area contributed by atoms with E-state index < -0.39 is 47.2 Å². The molecule has 2 aromatic rings. The molecule has 0 saturated carbocycles. The van der Waals surface area contributed by atoms with E-state index in [1.807, 2.05) is 0 Å². The number of ether oxygens (including phenoxy) is 2. The minimum Gasteiger partial charge on any atom is -0.481 e. The monoisotopic (exact) mass is 510 g/mol. The Bertz CT molecular complexity index is 1270. The average Bonchev–Trinajstić information content (AvgIpc) is 3.01. The van der Waals surface area contributed by atoms with E-state index in [0.717, 1.165) is 11.4 Å². The second-order valence-corrected chi connectivity index (χ2v) is 9.21. The highest BCUT2D eigenvalue weighted by atomic mass is 32.2. The van der Waals surface area contributed by atoms with Gasteiger partial charge in [0.2, 0.25) is 10.0 Å². The third-order valence-electron chi connectivity index (χ3n) is 5.19. The molecule has 1 unspecified atom stereocenters. The summed E-state index contributed by atoms with van der Waals surface area (Å²) in [6.45, 7) is 0.376. The van der Waals surface area contributed by atoms with Crippen molar-refractivity contribution >= 4 is 27.6 Å². The fraction of sp³-hybridized carbons (Fsp3) is 0.304. The van der Waals surface area contributed by atoms with Gasteiger partial charge in [0.15, 0.2) is 0 Å². The minimum absolute atomic E-state index is 0.0962. The topological polar surface area (TPSA) is 93.2 Å². The van der Waals surface area contributed by atoms with Gasteiger partial charge >= 0.3 is 18.1 Å². The fourth-order valence-corrected chi connectivity index (χ4v) is 5.06. The lowest BCUT2D eigenvalue weighted by molar-refractivity contribution is -0.170. The van der Waals surface area contributed by atoms with Crippen LogP contribution < -0.4 is 9.64 Å². The number of benzene rings is 2. The summed E-state index contributed by atoms with van der Waals surface area (Å²) in [5, 5.41) is 0. The Morgan fingerprint density at radius 2 is 1.77 bits per heavy atom. The number of halogens is 3. The molecule has 0 bridgehead atoms. The number of carbonyl (C=O) groups is 2. The lowest BCUT2D eigenvalue weighted by Gasteiger charge is -2.29.